The van der Waals surface area contributed by atoms with Crippen molar-refractivity contribution >= 4 is 5.91 Å². The Morgan fingerprint density at radius 3 is 2.17 bits per heavy atom. The van der Waals surface area contributed by atoms with Crippen LogP contribution in [0, 0.1) is 0 Å². The molecule has 0 atom stereocenters. The third-order valence-electron chi connectivity index (χ3n) is 4.71. The molecule has 0 spiro atoms. The van der Waals surface area contributed by atoms with E-state index in [-0.39, 0.29) is 5.91 Å². The second kappa shape index (κ2) is 6.53. The molecule has 4 nitrogen and oxygen atoms in total. The standard InChI is InChI=1S/C14H27N3O/c1-16-11-6-8-13(9-7-11)17(10-14(15)18)12-4-2-3-5-12/h11-13,16H,2-10H2,1H3,(H2,15,18). The number of primary amides is 1. The minimum absolute atomic E-state index is 0.169. The lowest BCUT2D eigenvalue weighted by atomic mass is 9.89. The van der Waals surface area contributed by atoms with E-state index in [9.17, 15) is 4.79 Å². The largest absolute Gasteiger partial charge is 0.369 e. The molecule has 104 valence electrons. The fourth-order valence-electron chi connectivity index (χ4n) is 3.67. The van der Waals surface area contributed by atoms with Gasteiger partial charge >= 0.3 is 0 Å². The van der Waals surface area contributed by atoms with Gasteiger partial charge < -0.3 is 11.1 Å². The van der Waals surface area contributed by atoms with Gasteiger partial charge in [-0.2, -0.15) is 0 Å². The van der Waals surface area contributed by atoms with Crippen LogP contribution in [0.5, 0.6) is 0 Å². The van der Waals surface area contributed by atoms with Crippen LogP contribution >= 0.6 is 0 Å². The smallest absolute Gasteiger partial charge is 0.231 e. The Morgan fingerprint density at radius 2 is 1.67 bits per heavy atom. The molecule has 0 aliphatic heterocycles. The Labute approximate surface area is 110 Å². The first kappa shape index (κ1) is 13.8. The molecule has 2 aliphatic rings. The second-order valence-electron chi connectivity index (χ2n) is 5.87. The molecular formula is C14H27N3O. The molecule has 0 aromatic rings. The Hall–Kier alpha value is -0.610. The van der Waals surface area contributed by atoms with Crippen molar-refractivity contribution in [2.24, 2.45) is 5.73 Å². The van der Waals surface area contributed by atoms with E-state index in [1.54, 1.807) is 0 Å². The third kappa shape index (κ3) is 3.45. The van der Waals surface area contributed by atoms with Crippen molar-refractivity contribution in [3.63, 3.8) is 0 Å². The highest BCUT2D eigenvalue weighted by Gasteiger charge is 2.32. The summed E-state index contributed by atoms with van der Waals surface area (Å²) in [7, 11) is 2.04. The molecule has 1 amide bonds. The van der Waals surface area contributed by atoms with Crippen LogP contribution in [0.2, 0.25) is 0 Å². The molecule has 18 heavy (non-hydrogen) atoms. The van der Waals surface area contributed by atoms with Crippen LogP contribution in [-0.2, 0) is 4.79 Å². The number of rotatable bonds is 5. The zero-order valence-corrected chi connectivity index (χ0v) is 11.5. The molecular weight excluding hydrogens is 226 g/mol. The summed E-state index contributed by atoms with van der Waals surface area (Å²) in [4.78, 5) is 13.7. The van der Waals surface area contributed by atoms with Gasteiger partial charge in [-0.3, -0.25) is 9.69 Å². The molecule has 2 aliphatic carbocycles. The van der Waals surface area contributed by atoms with Crippen LogP contribution in [0.3, 0.4) is 0 Å². The van der Waals surface area contributed by atoms with Crippen molar-refractivity contribution in [1.29, 1.82) is 0 Å². The van der Waals surface area contributed by atoms with Crippen LogP contribution < -0.4 is 11.1 Å². The van der Waals surface area contributed by atoms with Gasteiger partial charge in [0.2, 0.25) is 5.91 Å². The average Bonchev–Trinajstić information content (AvgIpc) is 2.89. The normalized spacial score (nSPS) is 29.9. The van der Waals surface area contributed by atoms with Crippen LogP contribution in [-0.4, -0.2) is 42.5 Å². The first-order valence-electron chi connectivity index (χ1n) is 7.42. The van der Waals surface area contributed by atoms with E-state index >= 15 is 0 Å². The van der Waals surface area contributed by atoms with Crippen molar-refractivity contribution in [3.8, 4) is 0 Å². The van der Waals surface area contributed by atoms with Crippen molar-refractivity contribution in [2.75, 3.05) is 13.6 Å². The Balaban J connectivity index is 1.93. The molecule has 2 rings (SSSR count). The van der Waals surface area contributed by atoms with E-state index in [1.165, 1.54) is 51.4 Å². The van der Waals surface area contributed by atoms with Gasteiger partial charge in [-0.05, 0) is 45.6 Å². The Bertz CT molecular complexity index is 268. The fraction of sp³-hybridized carbons (Fsp3) is 0.929. The molecule has 0 aromatic heterocycles. The number of nitrogens with one attached hydrogen (secondary N) is 1. The maximum absolute atomic E-state index is 11.3. The van der Waals surface area contributed by atoms with Crippen LogP contribution in [0.25, 0.3) is 0 Å². The average molecular weight is 253 g/mol. The predicted octanol–water partition coefficient (Wildman–Crippen LogP) is 1.25. The Morgan fingerprint density at radius 1 is 1.11 bits per heavy atom. The van der Waals surface area contributed by atoms with Crippen LogP contribution in [0.1, 0.15) is 51.4 Å². The summed E-state index contributed by atoms with van der Waals surface area (Å²) in [5.74, 6) is -0.169. The molecule has 3 N–H and O–H groups in total. The molecule has 0 saturated heterocycles. The van der Waals surface area contributed by atoms with E-state index in [2.05, 4.69) is 10.2 Å². The molecule has 4 heteroatoms. The molecule has 0 unspecified atom stereocenters. The van der Waals surface area contributed by atoms with Crippen molar-refractivity contribution in [2.45, 2.75) is 69.5 Å². The zero-order chi connectivity index (χ0) is 13.0. The lowest BCUT2D eigenvalue weighted by molar-refractivity contribution is -0.120. The van der Waals surface area contributed by atoms with E-state index in [1.807, 2.05) is 7.05 Å². The summed E-state index contributed by atoms with van der Waals surface area (Å²) >= 11 is 0. The number of carbonyl (C=O) groups excluding carboxylic acids is 1. The van der Waals surface area contributed by atoms with E-state index in [0.717, 1.165) is 0 Å². The van der Waals surface area contributed by atoms with Crippen molar-refractivity contribution in [3.05, 3.63) is 0 Å². The van der Waals surface area contributed by atoms with Gasteiger partial charge in [0.1, 0.15) is 0 Å². The quantitative estimate of drug-likeness (QED) is 0.775. The molecule has 2 fully saturated rings. The van der Waals surface area contributed by atoms with Crippen molar-refractivity contribution in [1.82, 2.24) is 10.2 Å². The summed E-state index contributed by atoms with van der Waals surface area (Å²) in [6, 6.07) is 1.85. The first-order valence-corrected chi connectivity index (χ1v) is 7.42. The number of carbonyl (C=O) groups is 1. The molecule has 0 aromatic carbocycles. The maximum Gasteiger partial charge on any atom is 0.231 e. The number of nitrogens with two attached hydrogens (primary N) is 1. The van der Waals surface area contributed by atoms with Crippen LogP contribution in [0.15, 0.2) is 0 Å². The molecule has 0 radical (unpaired) electrons. The second-order valence-corrected chi connectivity index (χ2v) is 5.87. The maximum atomic E-state index is 11.3. The minimum atomic E-state index is -0.169. The molecule has 0 bridgehead atoms. The van der Waals surface area contributed by atoms with Gasteiger partial charge in [0.25, 0.3) is 0 Å². The van der Waals surface area contributed by atoms with E-state index < -0.39 is 0 Å². The van der Waals surface area contributed by atoms with Gasteiger partial charge in [0, 0.05) is 18.1 Å². The summed E-state index contributed by atoms with van der Waals surface area (Å²) in [6.07, 6.45) is 9.98. The number of amides is 1. The third-order valence-corrected chi connectivity index (χ3v) is 4.71. The molecule has 0 heterocycles. The number of nitrogens with zero attached hydrogens (tertiary/aromatic N) is 1. The van der Waals surface area contributed by atoms with Gasteiger partial charge in [-0.25, -0.2) is 0 Å². The summed E-state index contributed by atoms with van der Waals surface area (Å²) < 4.78 is 0. The van der Waals surface area contributed by atoms with Crippen molar-refractivity contribution < 1.29 is 4.79 Å². The topological polar surface area (TPSA) is 58.4 Å². The summed E-state index contributed by atoms with van der Waals surface area (Å²) in [6.45, 7) is 0.458. The number of hydrogen-bond donors (Lipinski definition) is 2. The highest BCUT2D eigenvalue weighted by molar-refractivity contribution is 5.76. The fourth-order valence-corrected chi connectivity index (χ4v) is 3.67. The summed E-state index contributed by atoms with van der Waals surface area (Å²) in [5, 5.41) is 3.36. The highest BCUT2D eigenvalue weighted by atomic mass is 16.1. The monoisotopic (exact) mass is 253 g/mol. The van der Waals surface area contributed by atoms with E-state index in [4.69, 9.17) is 5.73 Å². The SMILES string of the molecule is CNC1CCC(N(CC(N)=O)C2CCCC2)CC1. The van der Waals surface area contributed by atoms with Gasteiger partial charge in [-0.15, -0.1) is 0 Å². The first-order chi connectivity index (χ1) is 8.70. The summed E-state index contributed by atoms with van der Waals surface area (Å²) in [5.41, 5.74) is 5.43. The lowest BCUT2D eigenvalue weighted by Crippen LogP contribution is -2.49. The highest BCUT2D eigenvalue weighted by Crippen LogP contribution is 2.30. The van der Waals surface area contributed by atoms with Gasteiger partial charge in [0.15, 0.2) is 0 Å². The predicted molar refractivity (Wildman–Crippen MR) is 73.3 cm³/mol. The molecule has 2 saturated carbocycles. The lowest BCUT2D eigenvalue weighted by Gasteiger charge is -2.39. The van der Waals surface area contributed by atoms with E-state index in [0.29, 0.717) is 24.7 Å². The van der Waals surface area contributed by atoms with Gasteiger partial charge in [0.05, 0.1) is 6.54 Å². The Kier molecular flexibility index (Phi) is 5.01. The minimum Gasteiger partial charge on any atom is -0.369 e. The zero-order valence-electron chi connectivity index (χ0n) is 11.5. The van der Waals surface area contributed by atoms with Gasteiger partial charge in [-0.1, -0.05) is 12.8 Å². The number of hydrogen-bond acceptors (Lipinski definition) is 3. The van der Waals surface area contributed by atoms with Crippen LogP contribution in [0.4, 0.5) is 0 Å².